The van der Waals surface area contributed by atoms with E-state index >= 15 is 0 Å². The first-order chi connectivity index (χ1) is 8.78. The number of aliphatic hydroxyl groups excluding tert-OH is 1. The topological polar surface area (TPSA) is 53.8 Å². The number of hydrogen-bond donors (Lipinski definition) is 2. The van der Waals surface area contributed by atoms with E-state index in [2.05, 4.69) is 10.1 Å². The van der Waals surface area contributed by atoms with E-state index in [0.717, 1.165) is 22.0 Å². The molecule has 0 spiro atoms. The molecule has 0 saturated heterocycles. The van der Waals surface area contributed by atoms with Gasteiger partial charge in [-0.05, 0) is 18.2 Å². The summed E-state index contributed by atoms with van der Waals surface area (Å²) in [5.41, 5.74) is 2.69. The normalized spacial score (nSPS) is 10.6. The fourth-order valence-electron chi connectivity index (χ4n) is 2.06. The molecule has 2 heterocycles. The number of fused-ring (bicyclic) bond motifs is 1. The maximum Gasteiger partial charge on any atom is 0.125 e. The highest BCUT2D eigenvalue weighted by Gasteiger charge is 2.08. The molecule has 3 aromatic rings. The number of H-pyrrole nitrogens is 1. The summed E-state index contributed by atoms with van der Waals surface area (Å²) >= 11 is 0. The van der Waals surface area contributed by atoms with Crippen LogP contribution in [-0.4, -0.2) is 26.5 Å². The average molecular weight is 261 g/mol. The fourth-order valence-corrected chi connectivity index (χ4v) is 2.06. The third kappa shape index (κ3) is 2.37. The average Bonchev–Trinajstić information content (AvgIpc) is 2.95. The first-order valence-electron chi connectivity index (χ1n) is 5.68. The molecule has 0 radical (unpaired) electrons. The first-order valence-corrected chi connectivity index (χ1v) is 5.68. The van der Waals surface area contributed by atoms with Gasteiger partial charge in [-0.2, -0.15) is 5.10 Å². The van der Waals surface area contributed by atoms with Crippen molar-refractivity contribution in [2.45, 2.75) is 14.0 Å². The maximum atomic E-state index is 13.1. The SMILES string of the molecule is C.OCCn1cc(-c2c[nH]c3cc(F)ccc23)cn1. The van der Waals surface area contributed by atoms with Crippen molar-refractivity contribution >= 4 is 10.9 Å². The number of halogens is 1. The number of rotatable bonds is 3. The van der Waals surface area contributed by atoms with E-state index < -0.39 is 0 Å². The molecule has 0 aliphatic carbocycles. The van der Waals surface area contributed by atoms with Crippen LogP contribution in [0.5, 0.6) is 0 Å². The van der Waals surface area contributed by atoms with Crippen LogP contribution in [0.3, 0.4) is 0 Å². The summed E-state index contributed by atoms with van der Waals surface area (Å²) in [4.78, 5) is 3.04. The predicted molar refractivity (Wildman–Crippen MR) is 73.3 cm³/mol. The summed E-state index contributed by atoms with van der Waals surface area (Å²) in [7, 11) is 0. The van der Waals surface area contributed by atoms with Gasteiger partial charge in [0.1, 0.15) is 5.82 Å². The third-order valence-corrected chi connectivity index (χ3v) is 2.92. The minimum atomic E-state index is -0.258. The van der Waals surface area contributed by atoms with Crippen molar-refractivity contribution in [2.75, 3.05) is 6.61 Å². The molecular weight excluding hydrogens is 245 g/mol. The number of hydrogen-bond acceptors (Lipinski definition) is 2. The number of aromatic nitrogens is 3. The Hall–Kier alpha value is -2.14. The molecular formula is C14H16FN3O. The van der Waals surface area contributed by atoms with E-state index in [1.807, 2.05) is 12.4 Å². The van der Waals surface area contributed by atoms with Crippen molar-refractivity contribution in [1.29, 1.82) is 0 Å². The molecule has 5 heteroatoms. The van der Waals surface area contributed by atoms with Crippen LogP contribution in [0.1, 0.15) is 7.43 Å². The smallest absolute Gasteiger partial charge is 0.125 e. The lowest BCUT2D eigenvalue weighted by Crippen LogP contribution is -2.01. The molecule has 100 valence electrons. The number of nitrogens with one attached hydrogen (secondary N) is 1. The van der Waals surface area contributed by atoms with Crippen LogP contribution in [0.15, 0.2) is 36.8 Å². The van der Waals surface area contributed by atoms with E-state index in [1.165, 1.54) is 12.1 Å². The number of nitrogens with zero attached hydrogens (tertiary/aromatic N) is 2. The molecule has 1 aromatic carbocycles. The molecule has 0 aliphatic heterocycles. The predicted octanol–water partition coefficient (Wildman–Crippen LogP) is 2.80. The summed E-state index contributed by atoms with van der Waals surface area (Å²) in [6.07, 6.45) is 5.44. The van der Waals surface area contributed by atoms with Gasteiger partial charge in [0, 0.05) is 34.4 Å². The van der Waals surface area contributed by atoms with E-state index in [4.69, 9.17) is 5.11 Å². The molecule has 0 fully saturated rings. The summed E-state index contributed by atoms with van der Waals surface area (Å²) in [6.45, 7) is 0.525. The fraction of sp³-hybridized carbons (Fsp3) is 0.214. The van der Waals surface area contributed by atoms with Crippen molar-refractivity contribution in [2.24, 2.45) is 0 Å². The molecule has 0 atom stereocenters. The van der Waals surface area contributed by atoms with Crippen LogP contribution in [0.4, 0.5) is 4.39 Å². The van der Waals surface area contributed by atoms with Crippen molar-refractivity contribution < 1.29 is 9.50 Å². The van der Waals surface area contributed by atoms with Gasteiger partial charge < -0.3 is 10.1 Å². The Morgan fingerprint density at radius 2 is 2.21 bits per heavy atom. The lowest BCUT2D eigenvalue weighted by atomic mass is 10.1. The molecule has 2 N–H and O–H groups in total. The van der Waals surface area contributed by atoms with Crippen LogP contribution in [0, 0.1) is 5.82 Å². The zero-order chi connectivity index (χ0) is 12.5. The zero-order valence-corrected chi connectivity index (χ0v) is 9.60. The molecule has 0 saturated carbocycles. The second-order valence-electron chi connectivity index (χ2n) is 4.11. The Kier molecular flexibility index (Phi) is 3.66. The van der Waals surface area contributed by atoms with Crippen LogP contribution in [0.2, 0.25) is 0 Å². The molecule has 3 rings (SSSR count). The Bertz CT molecular complexity index is 687. The Balaban J connectivity index is 0.00000133. The summed E-state index contributed by atoms with van der Waals surface area (Å²) in [6, 6.07) is 4.66. The Labute approximate surface area is 110 Å². The zero-order valence-electron chi connectivity index (χ0n) is 9.60. The second-order valence-corrected chi connectivity index (χ2v) is 4.11. The van der Waals surface area contributed by atoms with E-state index in [9.17, 15) is 4.39 Å². The van der Waals surface area contributed by atoms with Crippen LogP contribution >= 0.6 is 0 Å². The third-order valence-electron chi connectivity index (χ3n) is 2.92. The van der Waals surface area contributed by atoms with E-state index in [0.29, 0.717) is 6.54 Å². The minimum Gasteiger partial charge on any atom is -0.394 e. The van der Waals surface area contributed by atoms with E-state index in [1.54, 1.807) is 16.9 Å². The molecule has 19 heavy (non-hydrogen) atoms. The standard InChI is InChI=1S/C13H12FN3O.CH4/c14-10-1-2-11-12(7-15-13(11)5-10)9-6-16-17(8-9)3-4-18;/h1-2,5-8,15,18H,3-4H2;1H4. The first kappa shape index (κ1) is 13.3. The monoisotopic (exact) mass is 261 g/mol. The van der Waals surface area contributed by atoms with Crippen LogP contribution in [-0.2, 0) is 6.54 Å². The van der Waals surface area contributed by atoms with Gasteiger partial charge in [0.15, 0.2) is 0 Å². The van der Waals surface area contributed by atoms with Crippen LogP contribution < -0.4 is 0 Å². The summed E-state index contributed by atoms with van der Waals surface area (Å²) in [5.74, 6) is -0.258. The number of benzene rings is 1. The largest absolute Gasteiger partial charge is 0.394 e. The molecule has 0 bridgehead atoms. The maximum absolute atomic E-state index is 13.1. The molecule has 2 aromatic heterocycles. The van der Waals surface area contributed by atoms with E-state index in [-0.39, 0.29) is 19.9 Å². The number of aliphatic hydroxyl groups is 1. The molecule has 0 amide bonds. The highest BCUT2D eigenvalue weighted by molar-refractivity contribution is 5.95. The highest BCUT2D eigenvalue weighted by Crippen LogP contribution is 2.28. The van der Waals surface area contributed by atoms with Crippen molar-refractivity contribution in [1.82, 2.24) is 14.8 Å². The van der Waals surface area contributed by atoms with Gasteiger partial charge in [0.05, 0.1) is 19.3 Å². The quantitative estimate of drug-likeness (QED) is 0.761. The van der Waals surface area contributed by atoms with Gasteiger partial charge in [-0.3, -0.25) is 4.68 Å². The molecule has 4 nitrogen and oxygen atoms in total. The van der Waals surface area contributed by atoms with Gasteiger partial charge in [0.25, 0.3) is 0 Å². The summed E-state index contributed by atoms with van der Waals surface area (Å²) in [5, 5.41) is 14.0. The Morgan fingerprint density at radius 3 is 3.00 bits per heavy atom. The van der Waals surface area contributed by atoms with Crippen molar-refractivity contribution in [3.63, 3.8) is 0 Å². The van der Waals surface area contributed by atoms with Gasteiger partial charge >= 0.3 is 0 Å². The van der Waals surface area contributed by atoms with Crippen molar-refractivity contribution in [3.8, 4) is 11.1 Å². The van der Waals surface area contributed by atoms with Gasteiger partial charge in [-0.25, -0.2) is 4.39 Å². The molecule has 0 unspecified atom stereocenters. The second kappa shape index (κ2) is 5.24. The van der Waals surface area contributed by atoms with Gasteiger partial charge in [0.2, 0.25) is 0 Å². The van der Waals surface area contributed by atoms with Crippen molar-refractivity contribution in [3.05, 3.63) is 42.6 Å². The highest BCUT2D eigenvalue weighted by atomic mass is 19.1. The Morgan fingerprint density at radius 1 is 1.37 bits per heavy atom. The van der Waals surface area contributed by atoms with Gasteiger partial charge in [-0.15, -0.1) is 0 Å². The lowest BCUT2D eigenvalue weighted by molar-refractivity contribution is 0.269. The number of aromatic amines is 1. The summed E-state index contributed by atoms with van der Waals surface area (Å²) < 4.78 is 14.8. The minimum absolute atomic E-state index is 0. The van der Waals surface area contributed by atoms with Gasteiger partial charge in [-0.1, -0.05) is 7.43 Å². The molecule has 0 aliphatic rings. The van der Waals surface area contributed by atoms with Crippen LogP contribution in [0.25, 0.3) is 22.0 Å². The lowest BCUT2D eigenvalue weighted by Gasteiger charge is -1.96.